The first kappa shape index (κ1) is 12.1. The Morgan fingerprint density at radius 1 is 1.40 bits per heavy atom. The highest BCUT2D eigenvalue weighted by Gasteiger charge is 2.01. The molecule has 0 aliphatic carbocycles. The zero-order valence-electron chi connectivity index (χ0n) is 9.38. The molecule has 4 heteroatoms. The lowest BCUT2D eigenvalue weighted by atomic mass is 10.3. The van der Waals surface area contributed by atoms with Gasteiger partial charge in [-0.3, -0.25) is 0 Å². The van der Waals surface area contributed by atoms with Crippen molar-refractivity contribution in [3.8, 4) is 5.75 Å². The van der Waals surface area contributed by atoms with E-state index in [0.29, 0.717) is 5.02 Å². The largest absolute Gasteiger partial charge is 0.497 e. The predicted molar refractivity (Wildman–Crippen MR) is 65.0 cm³/mol. The number of methoxy groups -OCH3 is 1. The van der Waals surface area contributed by atoms with E-state index in [1.54, 1.807) is 13.2 Å². The molecule has 0 spiro atoms. The van der Waals surface area contributed by atoms with Crippen LogP contribution in [-0.2, 0) is 0 Å². The molecule has 0 radical (unpaired) electrons. The Kier molecular flexibility index (Phi) is 4.72. The summed E-state index contributed by atoms with van der Waals surface area (Å²) in [4.78, 5) is 2.12. The van der Waals surface area contributed by atoms with Crippen molar-refractivity contribution in [1.82, 2.24) is 4.90 Å². The zero-order chi connectivity index (χ0) is 11.3. The maximum Gasteiger partial charge on any atom is 0.120 e. The van der Waals surface area contributed by atoms with Crippen LogP contribution in [0.2, 0.25) is 5.02 Å². The van der Waals surface area contributed by atoms with E-state index in [0.717, 1.165) is 24.5 Å². The molecule has 15 heavy (non-hydrogen) atoms. The van der Waals surface area contributed by atoms with Crippen LogP contribution >= 0.6 is 11.6 Å². The number of hydrogen-bond donors (Lipinski definition) is 1. The molecule has 0 aromatic heterocycles. The van der Waals surface area contributed by atoms with Gasteiger partial charge in [0.15, 0.2) is 0 Å². The average Bonchev–Trinajstić information content (AvgIpc) is 2.20. The second-order valence-electron chi connectivity index (χ2n) is 3.58. The molecule has 0 atom stereocenters. The summed E-state index contributed by atoms with van der Waals surface area (Å²) in [7, 11) is 5.71. The number of nitrogens with zero attached hydrogens (tertiary/aromatic N) is 1. The van der Waals surface area contributed by atoms with Crippen molar-refractivity contribution in [3.63, 3.8) is 0 Å². The minimum atomic E-state index is 0.688. The third kappa shape index (κ3) is 3.98. The Hall–Kier alpha value is -0.930. The van der Waals surface area contributed by atoms with E-state index >= 15 is 0 Å². The van der Waals surface area contributed by atoms with Gasteiger partial charge in [-0.2, -0.15) is 0 Å². The summed E-state index contributed by atoms with van der Waals surface area (Å²) < 4.78 is 5.07. The van der Waals surface area contributed by atoms with Crippen LogP contribution in [0.4, 0.5) is 5.69 Å². The standard InChI is InChI=1S/C11H17ClN2O/c1-14(2)7-6-13-11-5-4-9(15-3)8-10(11)12/h4-5,8,13H,6-7H2,1-3H3. The molecule has 0 unspecified atom stereocenters. The monoisotopic (exact) mass is 228 g/mol. The summed E-state index contributed by atoms with van der Waals surface area (Å²) in [5.74, 6) is 0.776. The molecule has 84 valence electrons. The number of hydrogen-bond acceptors (Lipinski definition) is 3. The lowest BCUT2D eigenvalue weighted by Crippen LogP contribution is -2.20. The minimum Gasteiger partial charge on any atom is -0.497 e. The summed E-state index contributed by atoms with van der Waals surface area (Å²) in [5, 5.41) is 3.95. The molecule has 0 amide bonds. The highest BCUT2D eigenvalue weighted by atomic mass is 35.5. The Bertz CT molecular complexity index is 315. The quantitative estimate of drug-likeness (QED) is 0.837. The van der Waals surface area contributed by atoms with Gasteiger partial charge in [0, 0.05) is 19.2 Å². The highest BCUT2D eigenvalue weighted by molar-refractivity contribution is 6.33. The molecule has 0 saturated carbocycles. The number of nitrogens with one attached hydrogen (secondary N) is 1. The van der Waals surface area contributed by atoms with Crippen LogP contribution in [0.5, 0.6) is 5.75 Å². The Morgan fingerprint density at radius 3 is 2.67 bits per heavy atom. The number of likely N-dealkylation sites (N-methyl/N-ethyl adjacent to an activating group) is 1. The minimum absolute atomic E-state index is 0.688. The third-order valence-corrected chi connectivity index (χ3v) is 2.36. The number of benzene rings is 1. The van der Waals surface area contributed by atoms with Crippen molar-refractivity contribution >= 4 is 17.3 Å². The fraction of sp³-hybridized carbons (Fsp3) is 0.455. The lowest BCUT2D eigenvalue weighted by Gasteiger charge is -2.12. The molecule has 0 bridgehead atoms. The van der Waals surface area contributed by atoms with Crippen molar-refractivity contribution in [2.24, 2.45) is 0 Å². The second kappa shape index (κ2) is 5.83. The first-order valence-corrected chi connectivity index (χ1v) is 5.23. The number of halogens is 1. The lowest BCUT2D eigenvalue weighted by molar-refractivity contribution is 0.415. The molecule has 3 nitrogen and oxygen atoms in total. The third-order valence-electron chi connectivity index (χ3n) is 2.05. The van der Waals surface area contributed by atoms with Gasteiger partial charge in [0.25, 0.3) is 0 Å². The van der Waals surface area contributed by atoms with Crippen molar-refractivity contribution in [1.29, 1.82) is 0 Å². The molecule has 1 aromatic rings. The highest BCUT2D eigenvalue weighted by Crippen LogP contribution is 2.26. The smallest absolute Gasteiger partial charge is 0.120 e. The summed E-state index contributed by atoms with van der Waals surface area (Å²) in [6.07, 6.45) is 0. The van der Waals surface area contributed by atoms with E-state index < -0.39 is 0 Å². The van der Waals surface area contributed by atoms with Crippen molar-refractivity contribution in [2.75, 3.05) is 39.6 Å². The van der Waals surface area contributed by atoms with E-state index in [1.807, 2.05) is 26.2 Å². The predicted octanol–water partition coefficient (Wildman–Crippen LogP) is 2.32. The summed E-state index contributed by atoms with van der Waals surface area (Å²) in [6.45, 7) is 1.85. The SMILES string of the molecule is COc1ccc(NCCN(C)C)c(Cl)c1. The van der Waals surface area contributed by atoms with Gasteiger partial charge < -0.3 is 15.0 Å². The van der Waals surface area contributed by atoms with Gasteiger partial charge in [0.1, 0.15) is 5.75 Å². The molecule has 1 aromatic carbocycles. The molecule has 0 fully saturated rings. The normalized spacial score (nSPS) is 10.5. The van der Waals surface area contributed by atoms with Crippen LogP contribution in [0.1, 0.15) is 0 Å². The van der Waals surface area contributed by atoms with Crippen LogP contribution in [0.15, 0.2) is 18.2 Å². The van der Waals surface area contributed by atoms with Crippen LogP contribution in [0.3, 0.4) is 0 Å². The summed E-state index contributed by atoms with van der Waals surface area (Å²) in [5.41, 5.74) is 0.944. The Balaban J connectivity index is 2.54. The van der Waals surface area contributed by atoms with Crippen molar-refractivity contribution < 1.29 is 4.74 Å². The zero-order valence-corrected chi connectivity index (χ0v) is 10.1. The van der Waals surface area contributed by atoms with Crippen molar-refractivity contribution in [3.05, 3.63) is 23.2 Å². The molecular weight excluding hydrogens is 212 g/mol. The van der Waals surface area contributed by atoms with Gasteiger partial charge in [-0.05, 0) is 26.2 Å². The fourth-order valence-electron chi connectivity index (χ4n) is 1.18. The van der Waals surface area contributed by atoms with Gasteiger partial charge in [-0.15, -0.1) is 0 Å². The number of rotatable bonds is 5. The van der Waals surface area contributed by atoms with E-state index in [-0.39, 0.29) is 0 Å². The molecule has 1 rings (SSSR count). The van der Waals surface area contributed by atoms with Crippen LogP contribution in [-0.4, -0.2) is 39.2 Å². The molecule has 1 N–H and O–H groups in total. The van der Waals surface area contributed by atoms with Gasteiger partial charge in [0.2, 0.25) is 0 Å². The Morgan fingerprint density at radius 2 is 2.13 bits per heavy atom. The molecule has 0 aliphatic rings. The van der Waals surface area contributed by atoms with Crippen LogP contribution < -0.4 is 10.1 Å². The molecule has 0 aliphatic heterocycles. The number of ether oxygens (including phenoxy) is 1. The molecule has 0 saturated heterocycles. The maximum absolute atomic E-state index is 6.07. The first-order chi connectivity index (χ1) is 7.13. The second-order valence-corrected chi connectivity index (χ2v) is 3.98. The van der Waals surface area contributed by atoms with Crippen molar-refractivity contribution in [2.45, 2.75) is 0 Å². The van der Waals surface area contributed by atoms with Gasteiger partial charge in [-0.1, -0.05) is 11.6 Å². The van der Waals surface area contributed by atoms with Crippen LogP contribution in [0.25, 0.3) is 0 Å². The van der Waals surface area contributed by atoms with E-state index in [2.05, 4.69) is 10.2 Å². The average molecular weight is 229 g/mol. The van der Waals surface area contributed by atoms with E-state index in [9.17, 15) is 0 Å². The van der Waals surface area contributed by atoms with E-state index in [4.69, 9.17) is 16.3 Å². The van der Waals surface area contributed by atoms with Gasteiger partial charge >= 0.3 is 0 Å². The fourth-order valence-corrected chi connectivity index (χ4v) is 1.42. The topological polar surface area (TPSA) is 24.5 Å². The molecular formula is C11H17ClN2O. The molecule has 0 heterocycles. The maximum atomic E-state index is 6.07. The summed E-state index contributed by atoms with van der Waals surface area (Å²) >= 11 is 6.07. The summed E-state index contributed by atoms with van der Waals surface area (Å²) in [6, 6.07) is 5.63. The van der Waals surface area contributed by atoms with Crippen LogP contribution in [0, 0.1) is 0 Å². The Labute approximate surface area is 96.0 Å². The van der Waals surface area contributed by atoms with Gasteiger partial charge in [0.05, 0.1) is 17.8 Å². The van der Waals surface area contributed by atoms with E-state index in [1.165, 1.54) is 0 Å². The number of anilines is 1. The van der Waals surface area contributed by atoms with Gasteiger partial charge in [-0.25, -0.2) is 0 Å². The first-order valence-electron chi connectivity index (χ1n) is 4.85.